The zero-order valence-electron chi connectivity index (χ0n) is 12.1. The number of aliphatic hydroxyl groups is 1. The molecule has 1 aliphatic carbocycles. The first-order valence-corrected chi connectivity index (χ1v) is 7.23. The summed E-state index contributed by atoms with van der Waals surface area (Å²) in [6.07, 6.45) is 2.05. The molecule has 1 aliphatic heterocycles. The van der Waals surface area contributed by atoms with Crippen molar-refractivity contribution in [2.24, 2.45) is 17.3 Å². The van der Waals surface area contributed by atoms with Crippen molar-refractivity contribution in [2.45, 2.75) is 45.8 Å². The van der Waals surface area contributed by atoms with E-state index in [4.69, 9.17) is 9.84 Å². The largest absolute Gasteiger partial charge is 0.396 e. The second-order valence-corrected chi connectivity index (χ2v) is 6.51. The van der Waals surface area contributed by atoms with E-state index in [1.54, 1.807) is 0 Å². The quantitative estimate of drug-likeness (QED) is 0.701. The number of hydrogen-bond acceptors (Lipinski definition) is 3. The van der Waals surface area contributed by atoms with Gasteiger partial charge in [0, 0.05) is 37.1 Å². The minimum Gasteiger partial charge on any atom is -0.396 e. The van der Waals surface area contributed by atoms with Gasteiger partial charge in [0.25, 0.3) is 0 Å². The maximum absolute atomic E-state index is 11.9. The van der Waals surface area contributed by atoms with Crippen molar-refractivity contribution in [3.63, 3.8) is 0 Å². The van der Waals surface area contributed by atoms with Gasteiger partial charge in [-0.15, -0.1) is 0 Å². The normalized spacial score (nSPS) is 33.2. The molecular formula is C14H26N2O3. The molecule has 1 saturated heterocycles. The highest BCUT2D eigenvalue weighted by Crippen LogP contribution is 2.51. The van der Waals surface area contributed by atoms with Crippen LogP contribution in [0.15, 0.2) is 0 Å². The fourth-order valence-corrected chi connectivity index (χ4v) is 3.40. The lowest BCUT2D eigenvalue weighted by Gasteiger charge is -2.54. The van der Waals surface area contributed by atoms with Crippen LogP contribution in [-0.2, 0) is 4.74 Å². The van der Waals surface area contributed by atoms with Gasteiger partial charge in [0.2, 0.25) is 0 Å². The number of nitrogens with one attached hydrogen (secondary N) is 2. The van der Waals surface area contributed by atoms with Gasteiger partial charge in [0.1, 0.15) is 0 Å². The van der Waals surface area contributed by atoms with Gasteiger partial charge in [0.15, 0.2) is 0 Å². The Hall–Kier alpha value is -0.810. The summed E-state index contributed by atoms with van der Waals surface area (Å²) in [7, 11) is 0. The van der Waals surface area contributed by atoms with Crippen molar-refractivity contribution in [2.75, 3.05) is 19.8 Å². The molecule has 0 aromatic heterocycles. The second kappa shape index (κ2) is 5.67. The van der Waals surface area contributed by atoms with Crippen LogP contribution < -0.4 is 10.6 Å². The predicted molar refractivity (Wildman–Crippen MR) is 72.8 cm³/mol. The third-order valence-corrected chi connectivity index (χ3v) is 4.62. The lowest BCUT2D eigenvalue weighted by molar-refractivity contribution is -0.108. The first-order valence-electron chi connectivity index (χ1n) is 7.23. The number of amides is 2. The molecule has 3 N–H and O–H groups in total. The maximum atomic E-state index is 11.9. The predicted octanol–water partition coefficient (Wildman–Crippen LogP) is 1.12. The third-order valence-electron chi connectivity index (χ3n) is 4.62. The van der Waals surface area contributed by atoms with Crippen molar-refractivity contribution < 1.29 is 14.6 Å². The molecule has 2 rings (SSSR count). The molecule has 0 bridgehead atoms. The Bertz CT molecular complexity index is 333. The van der Waals surface area contributed by atoms with E-state index in [2.05, 4.69) is 24.5 Å². The molecular weight excluding hydrogens is 244 g/mol. The molecule has 2 aliphatic rings. The second-order valence-electron chi connectivity index (χ2n) is 6.51. The van der Waals surface area contributed by atoms with Crippen LogP contribution in [0.25, 0.3) is 0 Å². The summed E-state index contributed by atoms with van der Waals surface area (Å²) in [5, 5.41) is 14.8. The summed E-state index contributed by atoms with van der Waals surface area (Å²) in [4.78, 5) is 11.9. The Kier molecular flexibility index (Phi) is 4.36. The summed E-state index contributed by atoms with van der Waals surface area (Å²) in [6, 6.07) is 0.0985. The molecule has 19 heavy (non-hydrogen) atoms. The number of ether oxygens (including phenoxy) is 1. The monoisotopic (exact) mass is 270 g/mol. The number of urea groups is 1. The zero-order valence-corrected chi connectivity index (χ0v) is 12.1. The Morgan fingerprint density at radius 2 is 2.26 bits per heavy atom. The number of carbonyl (C=O) groups is 1. The molecule has 4 unspecified atom stereocenters. The van der Waals surface area contributed by atoms with E-state index < -0.39 is 0 Å². The van der Waals surface area contributed by atoms with E-state index in [9.17, 15) is 4.79 Å². The van der Waals surface area contributed by atoms with Crippen LogP contribution in [0.5, 0.6) is 0 Å². The van der Waals surface area contributed by atoms with Crippen LogP contribution in [0.3, 0.4) is 0 Å². The smallest absolute Gasteiger partial charge is 0.315 e. The van der Waals surface area contributed by atoms with Gasteiger partial charge in [-0.05, 0) is 18.8 Å². The summed E-state index contributed by atoms with van der Waals surface area (Å²) in [5.41, 5.74) is 0.0230. The van der Waals surface area contributed by atoms with E-state index in [0.29, 0.717) is 30.9 Å². The van der Waals surface area contributed by atoms with E-state index in [1.165, 1.54) is 0 Å². The van der Waals surface area contributed by atoms with Gasteiger partial charge >= 0.3 is 6.03 Å². The number of carbonyl (C=O) groups excluding carboxylic acids is 1. The summed E-state index contributed by atoms with van der Waals surface area (Å²) < 4.78 is 5.71. The Labute approximate surface area is 115 Å². The molecule has 2 amide bonds. The fraction of sp³-hybridized carbons (Fsp3) is 0.929. The molecule has 5 nitrogen and oxygen atoms in total. The third kappa shape index (κ3) is 2.87. The number of hydrogen-bond donors (Lipinski definition) is 3. The van der Waals surface area contributed by atoms with Crippen molar-refractivity contribution in [1.29, 1.82) is 0 Å². The van der Waals surface area contributed by atoms with Crippen LogP contribution in [0, 0.1) is 17.3 Å². The van der Waals surface area contributed by atoms with E-state index in [0.717, 1.165) is 13.0 Å². The van der Waals surface area contributed by atoms with Gasteiger partial charge in [-0.3, -0.25) is 0 Å². The van der Waals surface area contributed by atoms with Gasteiger partial charge in [-0.25, -0.2) is 4.79 Å². The van der Waals surface area contributed by atoms with E-state index in [-0.39, 0.29) is 24.1 Å². The lowest BCUT2D eigenvalue weighted by atomic mass is 9.57. The lowest BCUT2D eigenvalue weighted by Crippen LogP contribution is -2.67. The minimum atomic E-state index is -0.104. The van der Waals surface area contributed by atoms with Crippen LogP contribution in [0.4, 0.5) is 4.79 Å². The Balaban J connectivity index is 1.76. The molecule has 2 fully saturated rings. The topological polar surface area (TPSA) is 70.6 Å². The first-order chi connectivity index (χ1) is 8.96. The first kappa shape index (κ1) is 14.6. The van der Waals surface area contributed by atoms with Crippen LogP contribution in [0.2, 0.25) is 0 Å². The number of rotatable bonds is 5. The standard InChI is InChI=1S/C14H26N2O3/c1-9(4-6-17)8-15-13(18)16-11-10-5-7-19-12(10)14(11,2)3/h9-12,17H,4-8H2,1-3H3,(H2,15,16,18). The summed E-state index contributed by atoms with van der Waals surface area (Å²) >= 11 is 0. The molecule has 5 heteroatoms. The zero-order chi connectivity index (χ0) is 14.0. The Morgan fingerprint density at radius 1 is 1.53 bits per heavy atom. The highest BCUT2D eigenvalue weighted by atomic mass is 16.5. The molecule has 110 valence electrons. The molecule has 1 heterocycles. The highest BCUT2D eigenvalue weighted by Gasteiger charge is 2.59. The molecule has 4 atom stereocenters. The molecule has 0 aromatic rings. The average molecular weight is 270 g/mol. The molecule has 0 spiro atoms. The van der Waals surface area contributed by atoms with Gasteiger partial charge in [0.05, 0.1) is 6.10 Å². The number of aliphatic hydroxyl groups excluding tert-OH is 1. The van der Waals surface area contributed by atoms with Crippen LogP contribution in [-0.4, -0.2) is 43.0 Å². The van der Waals surface area contributed by atoms with E-state index >= 15 is 0 Å². The van der Waals surface area contributed by atoms with Gasteiger partial charge in [-0.1, -0.05) is 20.8 Å². The van der Waals surface area contributed by atoms with Crippen LogP contribution >= 0.6 is 0 Å². The van der Waals surface area contributed by atoms with Crippen molar-refractivity contribution >= 4 is 6.03 Å². The maximum Gasteiger partial charge on any atom is 0.315 e. The number of fused-ring (bicyclic) bond motifs is 1. The molecule has 0 aromatic carbocycles. The SMILES string of the molecule is CC(CCO)CNC(=O)NC1C2CCOC2C1(C)C. The molecule has 1 saturated carbocycles. The minimum absolute atomic E-state index is 0.0230. The van der Waals surface area contributed by atoms with Crippen molar-refractivity contribution in [3.05, 3.63) is 0 Å². The summed E-state index contributed by atoms with van der Waals surface area (Å²) in [6.45, 7) is 7.90. The van der Waals surface area contributed by atoms with E-state index in [1.807, 2.05) is 6.92 Å². The van der Waals surface area contributed by atoms with Gasteiger partial charge in [-0.2, -0.15) is 0 Å². The molecule has 0 radical (unpaired) electrons. The van der Waals surface area contributed by atoms with Gasteiger partial charge < -0.3 is 20.5 Å². The summed E-state index contributed by atoms with van der Waals surface area (Å²) in [5.74, 6) is 0.767. The average Bonchev–Trinajstić information content (AvgIpc) is 2.80. The van der Waals surface area contributed by atoms with Crippen molar-refractivity contribution in [1.82, 2.24) is 10.6 Å². The highest BCUT2D eigenvalue weighted by molar-refractivity contribution is 5.74. The Morgan fingerprint density at radius 3 is 2.95 bits per heavy atom. The fourth-order valence-electron chi connectivity index (χ4n) is 3.40. The van der Waals surface area contributed by atoms with Crippen LogP contribution in [0.1, 0.15) is 33.6 Å². The van der Waals surface area contributed by atoms with Crippen molar-refractivity contribution in [3.8, 4) is 0 Å².